The van der Waals surface area contributed by atoms with Crippen molar-refractivity contribution in [2.45, 2.75) is 50.9 Å². The summed E-state index contributed by atoms with van der Waals surface area (Å²) in [6.07, 6.45) is 4.29. The second kappa shape index (κ2) is 10.4. The molecule has 8 nitrogen and oxygen atoms in total. The first-order valence-corrected chi connectivity index (χ1v) is 15.6. The van der Waals surface area contributed by atoms with Gasteiger partial charge in [-0.15, -0.1) is 0 Å². The highest BCUT2D eigenvalue weighted by molar-refractivity contribution is 6.00. The Kier molecular flexibility index (Phi) is 6.51. The van der Waals surface area contributed by atoms with Crippen LogP contribution in [0.3, 0.4) is 0 Å². The number of benzene rings is 3. The van der Waals surface area contributed by atoms with Crippen LogP contribution in [0.2, 0.25) is 0 Å². The second-order valence-corrected chi connectivity index (χ2v) is 12.9. The van der Waals surface area contributed by atoms with E-state index in [1.165, 1.54) is 12.1 Å². The molecule has 3 heterocycles. The zero-order chi connectivity index (χ0) is 31.1. The largest absolute Gasteiger partial charge is 0.494 e. The fraction of sp³-hybridized carbons (Fsp3) is 0.371. The topological polar surface area (TPSA) is 98.5 Å². The predicted molar refractivity (Wildman–Crippen MR) is 168 cm³/mol. The minimum Gasteiger partial charge on any atom is -0.494 e. The minimum absolute atomic E-state index is 0.0351. The number of methoxy groups -OCH3 is 1. The van der Waals surface area contributed by atoms with Gasteiger partial charge in [0.15, 0.2) is 5.82 Å². The van der Waals surface area contributed by atoms with Crippen molar-refractivity contribution in [2.24, 2.45) is 24.6 Å². The molecule has 3 atom stereocenters. The summed E-state index contributed by atoms with van der Waals surface area (Å²) >= 11 is 0. The lowest BCUT2D eigenvalue weighted by Crippen LogP contribution is -2.41. The number of aliphatic hydroxyl groups excluding tert-OH is 1. The molecule has 3 fully saturated rings. The van der Waals surface area contributed by atoms with E-state index in [1.807, 2.05) is 40.8 Å². The van der Waals surface area contributed by atoms with Crippen molar-refractivity contribution in [3.8, 4) is 28.4 Å². The van der Waals surface area contributed by atoms with E-state index in [1.54, 1.807) is 13.2 Å². The number of aliphatic hydroxyl groups is 1. The van der Waals surface area contributed by atoms with Gasteiger partial charge in [-0.05, 0) is 85.0 Å². The predicted octanol–water partition coefficient (Wildman–Crippen LogP) is 5.61. The first-order chi connectivity index (χ1) is 21.7. The van der Waals surface area contributed by atoms with Crippen LogP contribution in [0.15, 0.2) is 48.5 Å². The fourth-order valence-corrected chi connectivity index (χ4v) is 7.56. The molecule has 2 bridgehead atoms. The summed E-state index contributed by atoms with van der Waals surface area (Å²) in [5.41, 5.74) is 11.0. The second-order valence-electron chi connectivity index (χ2n) is 12.9. The molecular formula is C35H35F2N5O3. The molecule has 1 amide bonds. The van der Waals surface area contributed by atoms with Crippen LogP contribution in [0.4, 0.5) is 8.78 Å². The van der Waals surface area contributed by atoms with E-state index in [0.29, 0.717) is 46.3 Å². The Balaban J connectivity index is 1.24. The van der Waals surface area contributed by atoms with E-state index in [4.69, 9.17) is 15.5 Å². The molecule has 3 aromatic carbocycles. The number of ether oxygens (including phenoxy) is 1. The van der Waals surface area contributed by atoms with Gasteiger partial charge >= 0.3 is 0 Å². The number of aromatic nitrogens is 3. The number of carbonyl (C=O) groups is 1. The van der Waals surface area contributed by atoms with Crippen molar-refractivity contribution in [1.82, 2.24) is 19.0 Å². The molecule has 10 heteroatoms. The summed E-state index contributed by atoms with van der Waals surface area (Å²) in [5.74, 6) is 0.628. The van der Waals surface area contributed by atoms with Crippen molar-refractivity contribution in [1.29, 1.82) is 0 Å². The fourth-order valence-electron chi connectivity index (χ4n) is 7.56. The van der Waals surface area contributed by atoms with Gasteiger partial charge in [0, 0.05) is 54.3 Å². The molecule has 232 valence electrons. The first-order valence-electron chi connectivity index (χ1n) is 15.6. The lowest BCUT2D eigenvalue weighted by molar-refractivity contribution is 0.0700. The molecule has 45 heavy (non-hydrogen) atoms. The molecule has 2 aliphatic carbocycles. The number of piperidine rings is 1. The smallest absolute Gasteiger partial charge is 0.254 e. The van der Waals surface area contributed by atoms with Crippen LogP contribution in [0, 0.1) is 23.5 Å². The maximum atomic E-state index is 14.6. The Morgan fingerprint density at radius 2 is 1.82 bits per heavy atom. The van der Waals surface area contributed by atoms with Crippen molar-refractivity contribution >= 4 is 27.8 Å². The van der Waals surface area contributed by atoms with Gasteiger partial charge in [-0.25, -0.2) is 13.8 Å². The summed E-state index contributed by atoms with van der Waals surface area (Å²) in [4.78, 5) is 20.7. The number of nitrogens with zero attached hydrogens (tertiary/aromatic N) is 4. The molecule has 5 aromatic rings. The summed E-state index contributed by atoms with van der Waals surface area (Å²) in [7, 11) is 3.56. The van der Waals surface area contributed by atoms with Crippen molar-refractivity contribution in [3.63, 3.8) is 0 Å². The van der Waals surface area contributed by atoms with Gasteiger partial charge in [0.2, 0.25) is 0 Å². The van der Waals surface area contributed by atoms with Crippen LogP contribution in [-0.4, -0.2) is 55.8 Å². The number of rotatable bonds is 7. The average molecular weight is 612 g/mol. The number of halogens is 2. The summed E-state index contributed by atoms with van der Waals surface area (Å²) in [6, 6.07) is 14.2. The summed E-state index contributed by atoms with van der Waals surface area (Å²) < 4.78 is 39.2. The lowest BCUT2D eigenvalue weighted by atomic mass is 10.0. The lowest BCUT2D eigenvalue weighted by Gasteiger charge is -2.27. The van der Waals surface area contributed by atoms with Gasteiger partial charge in [0.25, 0.3) is 5.91 Å². The molecular weight excluding hydrogens is 576 g/mol. The van der Waals surface area contributed by atoms with Gasteiger partial charge < -0.3 is 29.6 Å². The Labute approximate surface area is 259 Å². The zero-order valence-corrected chi connectivity index (χ0v) is 25.3. The number of aryl methyl sites for hydroxylation is 1. The minimum atomic E-state index is -0.770. The van der Waals surface area contributed by atoms with Gasteiger partial charge in [-0.2, -0.15) is 0 Å². The molecule has 3 aliphatic rings. The van der Waals surface area contributed by atoms with Crippen molar-refractivity contribution < 1.29 is 23.4 Å². The maximum Gasteiger partial charge on any atom is 0.254 e. The van der Waals surface area contributed by atoms with Crippen LogP contribution in [0.5, 0.6) is 5.75 Å². The van der Waals surface area contributed by atoms with E-state index in [0.717, 1.165) is 60.2 Å². The first kappa shape index (κ1) is 28.2. The van der Waals surface area contributed by atoms with Gasteiger partial charge in [0.05, 0.1) is 24.9 Å². The Morgan fingerprint density at radius 1 is 1.04 bits per heavy atom. The number of hydrogen-bond donors (Lipinski definition) is 2. The monoisotopic (exact) mass is 611 g/mol. The van der Waals surface area contributed by atoms with Gasteiger partial charge in [-0.1, -0.05) is 12.1 Å². The number of imidazole rings is 1. The van der Waals surface area contributed by atoms with E-state index in [-0.39, 0.29) is 23.6 Å². The Morgan fingerprint density at radius 3 is 2.47 bits per heavy atom. The molecule has 0 spiro atoms. The normalized spacial score (nSPS) is 21.0. The Bertz CT molecular complexity index is 1990. The van der Waals surface area contributed by atoms with Gasteiger partial charge in [0.1, 0.15) is 22.9 Å². The summed E-state index contributed by atoms with van der Waals surface area (Å²) in [6.45, 7) is 0.777. The molecule has 3 N–H and O–H groups in total. The third kappa shape index (κ3) is 4.45. The van der Waals surface area contributed by atoms with Crippen LogP contribution < -0.4 is 10.5 Å². The highest BCUT2D eigenvalue weighted by atomic mass is 19.1. The van der Waals surface area contributed by atoms with Gasteiger partial charge in [-0.3, -0.25) is 4.79 Å². The standard InChI is InChI=1S/C35H35F2N5O3/c1-40-33-27(11-23(14-31(33)45-2)35(44)42-16-21-7-8-28(42)32(21)38)39-34(40)30-13-20-6-5-19(12-29(20)41(30)15-18-3-4-18)22-9-25(36)24(17-43)26(37)10-22/h5-6,9-14,18,21,28,32,43H,3-4,7-8,15-17,38H2,1-2H3/t21?,28?,32-/m1/s1. The molecule has 2 saturated carbocycles. The maximum absolute atomic E-state index is 14.6. The van der Waals surface area contributed by atoms with Crippen LogP contribution in [-0.2, 0) is 20.2 Å². The Hall–Kier alpha value is -4.28. The van der Waals surface area contributed by atoms with Crippen molar-refractivity contribution in [3.05, 3.63) is 71.3 Å². The molecule has 2 unspecified atom stereocenters. The number of nitrogens with two attached hydrogens (primary N) is 1. The van der Waals surface area contributed by atoms with E-state index in [2.05, 4.69) is 10.6 Å². The summed E-state index contributed by atoms with van der Waals surface area (Å²) in [5, 5.41) is 10.3. The molecule has 0 radical (unpaired) electrons. The van der Waals surface area contributed by atoms with E-state index < -0.39 is 18.2 Å². The van der Waals surface area contributed by atoms with Crippen LogP contribution in [0.1, 0.15) is 41.6 Å². The highest BCUT2D eigenvalue weighted by Crippen LogP contribution is 2.41. The van der Waals surface area contributed by atoms with Crippen LogP contribution >= 0.6 is 0 Å². The third-order valence-corrected chi connectivity index (χ3v) is 10.2. The number of likely N-dealkylation sites (tertiary alicyclic amines) is 1. The van der Waals surface area contributed by atoms with E-state index in [9.17, 15) is 18.7 Å². The highest BCUT2D eigenvalue weighted by Gasteiger charge is 2.47. The molecule has 1 aliphatic heterocycles. The zero-order valence-electron chi connectivity index (χ0n) is 25.3. The quantitative estimate of drug-likeness (QED) is 0.249. The SMILES string of the molecule is COc1cc(C(=O)N2CC3CCC2[C@@H]3N)cc2nc(-c3cc4ccc(-c5cc(F)c(CO)c(F)c5)cc4n3CC3CC3)n(C)c12. The number of hydrogen-bond acceptors (Lipinski definition) is 5. The average Bonchev–Trinajstić information content (AvgIpc) is 3.44. The molecule has 2 aromatic heterocycles. The molecule has 8 rings (SSSR count). The number of fused-ring (bicyclic) bond motifs is 4. The van der Waals surface area contributed by atoms with E-state index >= 15 is 0 Å². The van der Waals surface area contributed by atoms with Crippen LogP contribution in [0.25, 0.3) is 44.6 Å². The molecule has 1 saturated heterocycles. The number of carbonyl (C=O) groups excluding carboxylic acids is 1. The number of amides is 1. The third-order valence-electron chi connectivity index (χ3n) is 10.2. The van der Waals surface area contributed by atoms with Crippen molar-refractivity contribution in [2.75, 3.05) is 13.7 Å².